The Balaban J connectivity index is 1.60. The van der Waals surface area contributed by atoms with Gasteiger partial charge in [-0.2, -0.15) is 0 Å². The van der Waals surface area contributed by atoms with Gasteiger partial charge in [-0.3, -0.25) is 9.36 Å². The fraction of sp³-hybridized carbons (Fsp3) is 0.162. The number of halogens is 2. The highest BCUT2D eigenvalue weighted by Crippen LogP contribution is 2.40. The minimum absolute atomic E-state index is 0.144. The first-order valence-corrected chi connectivity index (χ1v) is 17.4. The van der Waals surface area contributed by atoms with Crippen LogP contribution in [0, 0.1) is 0 Å². The Kier molecular flexibility index (Phi) is 10.3. The molecule has 5 aromatic rings. The van der Waals surface area contributed by atoms with Crippen LogP contribution in [0.5, 0.6) is 17.2 Å². The summed E-state index contributed by atoms with van der Waals surface area (Å²) in [6, 6.07) is 27.4. The van der Waals surface area contributed by atoms with E-state index in [0.29, 0.717) is 55.6 Å². The maximum atomic E-state index is 14.5. The predicted octanol–water partition coefficient (Wildman–Crippen LogP) is 7.06. The van der Waals surface area contributed by atoms with Crippen molar-refractivity contribution >= 4 is 60.9 Å². The average molecular weight is 791 g/mol. The van der Waals surface area contributed by atoms with Crippen molar-refractivity contribution in [2.75, 3.05) is 20.8 Å². The summed E-state index contributed by atoms with van der Waals surface area (Å²) in [6.07, 6.45) is 1.79. The lowest BCUT2D eigenvalue weighted by molar-refractivity contribution is -0.138. The molecule has 1 aliphatic heterocycles. The Labute approximate surface area is 297 Å². The first-order valence-electron chi connectivity index (χ1n) is 15.0. The molecule has 0 amide bonds. The summed E-state index contributed by atoms with van der Waals surface area (Å²) < 4.78 is 26.6. The monoisotopic (exact) mass is 788 g/mol. The van der Waals surface area contributed by atoms with Crippen molar-refractivity contribution in [2.45, 2.75) is 19.6 Å². The van der Waals surface area contributed by atoms with Crippen LogP contribution < -0.4 is 29.1 Å². The maximum Gasteiger partial charge on any atom is 0.338 e. The van der Waals surface area contributed by atoms with Crippen LogP contribution in [0.1, 0.15) is 35.2 Å². The van der Waals surface area contributed by atoms with Gasteiger partial charge in [0, 0.05) is 27.2 Å². The Bertz CT molecular complexity index is 2200. The SMILES string of the molecule is CCOC(=O)C1=C(c2ccccc2)N=c2s/c(=C\c3cc(Br)cc(Br)c3OCc3ccccc3)c(=O)n2[C@@H]1c1ccc(OC)cc1OC. The molecule has 0 saturated carbocycles. The fourth-order valence-electron chi connectivity index (χ4n) is 5.49. The molecule has 1 aliphatic rings. The molecule has 0 N–H and O–H groups in total. The van der Waals surface area contributed by atoms with E-state index in [1.165, 1.54) is 23.0 Å². The summed E-state index contributed by atoms with van der Waals surface area (Å²) in [7, 11) is 3.10. The average Bonchev–Trinajstić information content (AvgIpc) is 3.41. The predicted molar refractivity (Wildman–Crippen MR) is 193 cm³/mol. The number of benzene rings is 4. The molecule has 1 aromatic heterocycles. The van der Waals surface area contributed by atoms with Crippen molar-refractivity contribution in [1.82, 2.24) is 4.57 Å². The van der Waals surface area contributed by atoms with E-state index >= 15 is 0 Å². The van der Waals surface area contributed by atoms with Gasteiger partial charge < -0.3 is 18.9 Å². The van der Waals surface area contributed by atoms with Gasteiger partial charge in [-0.05, 0) is 58.8 Å². The fourth-order valence-corrected chi connectivity index (χ4v) is 7.85. The van der Waals surface area contributed by atoms with Gasteiger partial charge in [-0.1, -0.05) is 87.9 Å². The second-order valence-corrected chi connectivity index (χ2v) is 13.4. The molecule has 8 nitrogen and oxygen atoms in total. The van der Waals surface area contributed by atoms with Crippen molar-refractivity contribution in [3.8, 4) is 17.2 Å². The molecule has 0 bridgehead atoms. The number of carbonyl (C=O) groups excluding carboxylic acids is 1. The quantitative estimate of drug-likeness (QED) is 0.141. The van der Waals surface area contributed by atoms with Gasteiger partial charge in [0.1, 0.15) is 29.9 Å². The number of hydrogen-bond donors (Lipinski definition) is 0. The lowest BCUT2D eigenvalue weighted by atomic mass is 9.92. The van der Waals surface area contributed by atoms with Crippen molar-refractivity contribution in [2.24, 2.45) is 4.99 Å². The van der Waals surface area contributed by atoms with Crippen molar-refractivity contribution < 1.29 is 23.7 Å². The molecule has 6 rings (SSSR count). The van der Waals surface area contributed by atoms with Crippen LogP contribution in [0.4, 0.5) is 0 Å². The number of nitrogens with zero attached hydrogens (tertiary/aromatic N) is 2. The van der Waals surface area contributed by atoms with Gasteiger partial charge in [0.15, 0.2) is 4.80 Å². The van der Waals surface area contributed by atoms with Crippen molar-refractivity contribution in [3.05, 3.63) is 147 Å². The highest BCUT2D eigenvalue weighted by Gasteiger charge is 2.37. The van der Waals surface area contributed by atoms with E-state index in [1.807, 2.05) is 72.8 Å². The molecule has 0 saturated heterocycles. The number of esters is 1. The number of thiazole rings is 1. The van der Waals surface area contributed by atoms with E-state index in [4.69, 9.17) is 23.9 Å². The normalized spacial score (nSPS) is 14.3. The molecule has 1 atom stereocenters. The highest BCUT2D eigenvalue weighted by atomic mass is 79.9. The zero-order valence-corrected chi connectivity index (χ0v) is 30.2. The minimum Gasteiger partial charge on any atom is -0.497 e. The summed E-state index contributed by atoms with van der Waals surface area (Å²) in [5.41, 5.74) is 3.29. The second kappa shape index (κ2) is 14.8. The Morgan fingerprint density at radius 1 is 0.958 bits per heavy atom. The molecule has 0 aliphatic carbocycles. The van der Waals surface area contributed by atoms with E-state index in [0.717, 1.165) is 14.5 Å². The molecule has 4 aromatic carbocycles. The van der Waals surface area contributed by atoms with Crippen LogP contribution >= 0.6 is 43.2 Å². The Morgan fingerprint density at radius 3 is 2.38 bits per heavy atom. The Hall–Kier alpha value is -4.45. The van der Waals surface area contributed by atoms with Gasteiger partial charge in [0.25, 0.3) is 5.56 Å². The van der Waals surface area contributed by atoms with Crippen LogP contribution in [-0.4, -0.2) is 31.4 Å². The summed E-state index contributed by atoms with van der Waals surface area (Å²) >= 11 is 8.46. The van der Waals surface area contributed by atoms with Gasteiger partial charge in [-0.15, -0.1) is 0 Å². The number of aromatic nitrogens is 1. The van der Waals surface area contributed by atoms with E-state index in [9.17, 15) is 9.59 Å². The molecular formula is C37H30Br2N2O6S. The lowest BCUT2D eigenvalue weighted by Crippen LogP contribution is -2.40. The van der Waals surface area contributed by atoms with Crippen LogP contribution in [0.3, 0.4) is 0 Å². The summed E-state index contributed by atoms with van der Waals surface area (Å²) in [5.74, 6) is 1.01. The Morgan fingerprint density at radius 2 is 1.69 bits per heavy atom. The topological polar surface area (TPSA) is 88.4 Å². The summed E-state index contributed by atoms with van der Waals surface area (Å²) in [6.45, 7) is 2.22. The van der Waals surface area contributed by atoms with Gasteiger partial charge >= 0.3 is 5.97 Å². The number of hydrogen-bond acceptors (Lipinski definition) is 8. The van der Waals surface area contributed by atoms with E-state index in [-0.39, 0.29) is 17.7 Å². The molecule has 0 fully saturated rings. The number of rotatable bonds is 10. The molecule has 0 spiro atoms. The highest BCUT2D eigenvalue weighted by molar-refractivity contribution is 9.11. The smallest absolute Gasteiger partial charge is 0.338 e. The molecule has 2 heterocycles. The van der Waals surface area contributed by atoms with Crippen LogP contribution in [0.25, 0.3) is 11.8 Å². The zero-order valence-electron chi connectivity index (χ0n) is 26.2. The first-order chi connectivity index (χ1) is 23.3. The standard InChI is InChI=1S/C37H30Br2N2O6S/c1-4-46-36(43)31-32(23-13-9-6-10-14-23)40-37-41(33(31)27-16-15-26(44-2)20-29(27)45-3)35(42)30(48-37)18-24-17-25(38)19-28(39)34(24)47-21-22-11-7-5-8-12-22/h5-20,33H,4,21H2,1-3H3/b30-18-/t33-/m1/s1. The largest absolute Gasteiger partial charge is 0.497 e. The van der Waals surface area contributed by atoms with Crippen LogP contribution in [0.15, 0.2) is 115 Å². The molecule has 0 radical (unpaired) electrons. The van der Waals surface area contributed by atoms with Crippen LogP contribution in [0.2, 0.25) is 0 Å². The molecule has 11 heteroatoms. The minimum atomic E-state index is -0.915. The van der Waals surface area contributed by atoms with E-state index in [2.05, 4.69) is 31.9 Å². The number of ether oxygens (including phenoxy) is 4. The third-order valence-electron chi connectivity index (χ3n) is 7.66. The molecule has 48 heavy (non-hydrogen) atoms. The molecule has 0 unspecified atom stereocenters. The third kappa shape index (κ3) is 6.76. The number of fused-ring (bicyclic) bond motifs is 1. The zero-order chi connectivity index (χ0) is 33.8. The van der Waals surface area contributed by atoms with Gasteiger partial charge in [0.05, 0.1) is 41.1 Å². The summed E-state index contributed by atoms with van der Waals surface area (Å²) in [5, 5.41) is 0. The van der Waals surface area contributed by atoms with Crippen LogP contribution in [-0.2, 0) is 16.1 Å². The van der Waals surface area contributed by atoms with Crippen molar-refractivity contribution in [1.29, 1.82) is 0 Å². The first kappa shape index (κ1) is 33.5. The van der Waals surface area contributed by atoms with Crippen molar-refractivity contribution in [3.63, 3.8) is 0 Å². The maximum absolute atomic E-state index is 14.5. The lowest BCUT2D eigenvalue weighted by Gasteiger charge is -2.27. The number of carbonyl (C=O) groups is 1. The van der Waals surface area contributed by atoms with E-state index < -0.39 is 12.0 Å². The van der Waals surface area contributed by atoms with Gasteiger partial charge in [-0.25, -0.2) is 9.79 Å². The third-order valence-corrected chi connectivity index (χ3v) is 9.69. The van der Waals surface area contributed by atoms with E-state index in [1.54, 1.807) is 38.3 Å². The summed E-state index contributed by atoms with van der Waals surface area (Å²) in [4.78, 5) is 33.8. The molecular weight excluding hydrogens is 760 g/mol. The number of methoxy groups -OCH3 is 2. The van der Waals surface area contributed by atoms with Gasteiger partial charge in [0.2, 0.25) is 0 Å². The second-order valence-electron chi connectivity index (χ2n) is 10.6. The molecule has 244 valence electrons.